The van der Waals surface area contributed by atoms with Crippen LogP contribution in [0.2, 0.25) is 5.02 Å². The Hall–Kier alpha value is -2.71. The van der Waals surface area contributed by atoms with Gasteiger partial charge in [0.15, 0.2) is 11.6 Å². The highest BCUT2D eigenvalue weighted by Crippen LogP contribution is 2.34. The van der Waals surface area contributed by atoms with E-state index >= 15 is 0 Å². The lowest BCUT2D eigenvalue weighted by Gasteiger charge is -2.39. The van der Waals surface area contributed by atoms with Crippen molar-refractivity contribution < 1.29 is 9.21 Å². The molecule has 0 N–H and O–H groups in total. The Morgan fingerprint density at radius 3 is 2.47 bits per heavy atom. The van der Waals surface area contributed by atoms with E-state index in [0.29, 0.717) is 37.0 Å². The molecule has 0 unspecified atom stereocenters. The SMILES string of the molecule is CC(C)(C)n1nnnc1[C@@H](c1ccccc1Cl)N1CCN(C(=O)c2ccco2)CC1. The molecule has 4 rings (SSSR count). The highest BCUT2D eigenvalue weighted by molar-refractivity contribution is 6.31. The highest BCUT2D eigenvalue weighted by atomic mass is 35.5. The van der Waals surface area contributed by atoms with Crippen LogP contribution in [0.5, 0.6) is 0 Å². The highest BCUT2D eigenvalue weighted by Gasteiger charge is 2.35. The van der Waals surface area contributed by atoms with Gasteiger partial charge in [0.2, 0.25) is 0 Å². The number of carbonyl (C=O) groups is 1. The molecule has 1 aliphatic rings. The molecule has 158 valence electrons. The zero-order chi connectivity index (χ0) is 21.3. The second kappa shape index (κ2) is 8.20. The molecule has 0 aliphatic carbocycles. The summed E-state index contributed by atoms with van der Waals surface area (Å²) < 4.78 is 7.12. The van der Waals surface area contributed by atoms with Crippen molar-refractivity contribution in [2.24, 2.45) is 0 Å². The van der Waals surface area contributed by atoms with Crippen LogP contribution in [0.4, 0.5) is 0 Å². The lowest BCUT2D eigenvalue weighted by atomic mass is 10.0. The van der Waals surface area contributed by atoms with Gasteiger partial charge in [-0.05, 0) is 55.0 Å². The van der Waals surface area contributed by atoms with Gasteiger partial charge < -0.3 is 9.32 Å². The molecule has 1 atom stereocenters. The second-order valence-corrected chi connectivity index (χ2v) is 8.76. The Morgan fingerprint density at radius 2 is 1.83 bits per heavy atom. The predicted molar refractivity (Wildman–Crippen MR) is 112 cm³/mol. The van der Waals surface area contributed by atoms with Crippen LogP contribution in [0, 0.1) is 0 Å². The summed E-state index contributed by atoms with van der Waals surface area (Å²) in [6.07, 6.45) is 1.52. The number of carbonyl (C=O) groups excluding carboxylic acids is 1. The van der Waals surface area contributed by atoms with Crippen LogP contribution in [0.15, 0.2) is 47.1 Å². The largest absolute Gasteiger partial charge is 0.459 e. The van der Waals surface area contributed by atoms with Crippen LogP contribution >= 0.6 is 11.6 Å². The molecule has 1 amide bonds. The monoisotopic (exact) mass is 428 g/mol. The maximum absolute atomic E-state index is 12.6. The average molecular weight is 429 g/mol. The van der Waals surface area contributed by atoms with Gasteiger partial charge in [0, 0.05) is 31.2 Å². The summed E-state index contributed by atoms with van der Waals surface area (Å²) in [4.78, 5) is 16.7. The van der Waals surface area contributed by atoms with E-state index in [1.165, 1.54) is 6.26 Å². The molecule has 0 radical (unpaired) electrons. The third-order valence-electron chi connectivity index (χ3n) is 5.27. The van der Waals surface area contributed by atoms with E-state index in [0.717, 1.165) is 11.4 Å². The van der Waals surface area contributed by atoms with E-state index in [4.69, 9.17) is 16.0 Å². The lowest BCUT2D eigenvalue weighted by molar-refractivity contribution is 0.0556. The molecule has 0 saturated carbocycles. The number of halogens is 1. The Morgan fingerprint density at radius 1 is 1.10 bits per heavy atom. The molecule has 1 fully saturated rings. The first kappa shape index (κ1) is 20.6. The third kappa shape index (κ3) is 3.97. The molecular weight excluding hydrogens is 404 g/mol. The first-order valence-corrected chi connectivity index (χ1v) is 10.3. The van der Waals surface area contributed by atoms with E-state index in [1.54, 1.807) is 12.1 Å². The van der Waals surface area contributed by atoms with Gasteiger partial charge in [0.25, 0.3) is 5.91 Å². The number of hydrogen-bond donors (Lipinski definition) is 0. The smallest absolute Gasteiger partial charge is 0.289 e. The normalized spacial score (nSPS) is 16.6. The van der Waals surface area contributed by atoms with Crippen LogP contribution in [0.25, 0.3) is 0 Å². The molecule has 8 nitrogen and oxygen atoms in total. The number of hydrogen-bond acceptors (Lipinski definition) is 6. The van der Waals surface area contributed by atoms with Gasteiger partial charge in [-0.25, -0.2) is 4.68 Å². The van der Waals surface area contributed by atoms with Gasteiger partial charge in [-0.2, -0.15) is 0 Å². The molecular formula is C21H25ClN6O2. The third-order valence-corrected chi connectivity index (χ3v) is 5.62. The summed E-state index contributed by atoms with van der Waals surface area (Å²) >= 11 is 6.59. The van der Waals surface area contributed by atoms with E-state index < -0.39 is 0 Å². The van der Waals surface area contributed by atoms with Crippen molar-refractivity contribution >= 4 is 17.5 Å². The molecule has 1 saturated heterocycles. The summed E-state index contributed by atoms with van der Waals surface area (Å²) in [5, 5.41) is 13.2. The van der Waals surface area contributed by atoms with Crippen molar-refractivity contribution in [3.8, 4) is 0 Å². The first-order valence-electron chi connectivity index (χ1n) is 9.96. The zero-order valence-electron chi connectivity index (χ0n) is 17.3. The summed E-state index contributed by atoms with van der Waals surface area (Å²) in [6, 6.07) is 11.0. The minimum atomic E-state index is -0.282. The van der Waals surface area contributed by atoms with Crippen LogP contribution < -0.4 is 0 Å². The maximum atomic E-state index is 12.6. The van der Waals surface area contributed by atoms with Gasteiger partial charge in [-0.15, -0.1) is 5.10 Å². The number of amides is 1. The van der Waals surface area contributed by atoms with Crippen LogP contribution in [-0.4, -0.2) is 62.1 Å². The predicted octanol–water partition coefficient (Wildman–Crippen LogP) is 3.22. The molecule has 3 aromatic rings. The first-order chi connectivity index (χ1) is 14.4. The Kier molecular flexibility index (Phi) is 5.62. The molecule has 0 spiro atoms. The molecule has 1 aromatic carbocycles. The van der Waals surface area contributed by atoms with Crippen LogP contribution in [0.1, 0.15) is 48.8 Å². The summed E-state index contributed by atoms with van der Waals surface area (Å²) in [6.45, 7) is 8.69. The number of benzene rings is 1. The Bertz CT molecular complexity index is 1000. The van der Waals surface area contributed by atoms with Crippen LogP contribution in [0.3, 0.4) is 0 Å². The quantitative estimate of drug-likeness (QED) is 0.634. The Labute approximate surface area is 180 Å². The molecule has 9 heteroatoms. The number of rotatable bonds is 4. The van der Waals surface area contributed by atoms with E-state index in [9.17, 15) is 4.79 Å². The summed E-state index contributed by atoms with van der Waals surface area (Å²) in [5.74, 6) is 1.01. The molecule has 2 aromatic heterocycles. The number of aromatic nitrogens is 4. The lowest BCUT2D eigenvalue weighted by Crippen LogP contribution is -2.50. The van der Waals surface area contributed by atoms with E-state index in [1.807, 2.05) is 33.8 Å². The van der Waals surface area contributed by atoms with Crippen molar-refractivity contribution in [1.82, 2.24) is 30.0 Å². The van der Waals surface area contributed by atoms with Crippen molar-refractivity contribution in [3.63, 3.8) is 0 Å². The van der Waals surface area contributed by atoms with Gasteiger partial charge in [-0.1, -0.05) is 29.8 Å². The van der Waals surface area contributed by atoms with Gasteiger partial charge in [0.05, 0.1) is 17.8 Å². The average Bonchev–Trinajstić information content (AvgIpc) is 3.42. The van der Waals surface area contributed by atoms with Crippen molar-refractivity contribution in [3.05, 3.63) is 64.8 Å². The van der Waals surface area contributed by atoms with Gasteiger partial charge >= 0.3 is 0 Å². The van der Waals surface area contributed by atoms with E-state index in [-0.39, 0.29) is 17.5 Å². The fourth-order valence-electron chi connectivity index (χ4n) is 3.78. The van der Waals surface area contributed by atoms with Gasteiger partial charge in [0.1, 0.15) is 0 Å². The molecule has 1 aliphatic heterocycles. The van der Waals surface area contributed by atoms with Gasteiger partial charge in [-0.3, -0.25) is 9.69 Å². The fraction of sp³-hybridized carbons (Fsp3) is 0.429. The fourth-order valence-corrected chi connectivity index (χ4v) is 4.02. The second-order valence-electron chi connectivity index (χ2n) is 8.35. The maximum Gasteiger partial charge on any atom is 0.289 e. The topological polar surface area (TPSA) is 80.3 Å². The number of furan rings is 1. The Balaban J connectivity index is 1.63. The van der Waals surface area contributed by atoms with Crippen LogP contribution in [-0.2, 0) is 5.54 Å². The van der Waals surface area contributed by atoms with Crippen molar-refractivity contribution in [1.29, 1.82) is 0 Å². The number of nitrogens with zero attached hydrogens (tertiary/aromatic N) is 6. The van der Waals surface area contributed by atoms with Crippen molar-refractivity contribution in [2.45, 2.75) is 32.4 Å². The van der Waals surface area contributed by atoms with Crippen molar-refractivity contribution in [2.75, 3.05) is 26.2 Å². The molecule has 30 heavy (non-hydrogen) atoms. The number of tetrazole rings is 1. The zero-order valence-corrected chi connectivity index (χ0v) is 18.1. The minimum Gasteiger partial charge on any atom is -0.459 e. The molecule has 0 bridgehead atoms. The summed E-state index contributed by atoms with van der Waals surface area (Å²) in [7, 11) is 0. The summed E-state index contributed by atoms with van der Waals surface area (Å²) in [5.41, 5.74) is 0.667. The minimum absolute atomic E-state index is 0.0894. The molecule has 3 heterocycles. The number of piperazine rings is 1. The van der Waals surface area contributed by atoms with E-state index in [2.05, 4.69) is 41.2 Å². The standard InChI is InChI=1S/C21H25ClN6O2/c1-21(2,3)28-19(23-24-25-28)18(15-7-4-5-8-16(15)22)26-10-12-27(13-11-26)20(29)17-9-6-14-30-17/h4-9,14,18H,10-13H2,1-3H3/t18-/m1/s1.